The maximum Gasteiger partial charge on any atom is 0.162 e. The van der Waals surface area contributed by atoms with Crippen LogP contribution in [0.3, 0.4) is 0 Å². The summed E-state index contributed by atoms with van der Waals surface area (Å²) >= 11 is 5.98. The molecule has 1 aromatic carbocycles. The number of nitrogens with one attached hydrogen (secondary N) is 1. The molecular formula is C14H23ClN2O2. The molecule has 0 aliphatic heterocycles. The normalized spacial score (nSPS) is 11.0. The average molecular weight is 287 g/mol. The van der Waals surface area contributed by atoms with Crippen LogP contribution < -0.4 is 10.1 Å². The van der Waals surface area contributed by atoms with Gasteiger partial charge in [-0.1, -0.05) is 25.4 Å². The standard InChI is InChI=1S/C14H23ClN2O2/c1-4-17(5-2)7-6-16-10-11-8-12(15)9-13(19-3)14(11)18/h8-9,16,18H,4-7,10H2,1-3H3. The Morgan fingerprint density at radius 2 is 2.00 bits per heavy atom. The van der Waals surface area contributed by atoms with Crippen molar-refractivity contribution < 1.29 is 9.84 Å². The van der Waals surface area contributed by atoms with Crippen molar-refractivity contribution >= 4 is 11.6 Å². The van der Waals surface area contributed by atoms with Crippen LogP contribution >= 0.6 is 11.6 Å². The highest BCUT2D eigenvalue weighted by atomic mass is 35.5. The van der Waals surface area contributed by atoms with E-state index in [4.69, 9.17) is 16.3 Å². The van der Waals surface area contributed by atoms with E-state index in [9.17, 15) is 5.11 Å². The molecule has 19 heavy (non-hydrogen) atoms. The van der Waals surface area contributed by atoms with Crippen LogP contribution in [0.1, 0.15) is 19.4 Å². The Labute approximate surface area is 120 Å². The Kier molecular flexibility index (Phi) is 6.99. The Morgan fingerprint density at radius 1 is 1.32 bits per heavy atom. The second kappa shape index (κ2) is 8.25. The molecule has 1 rings (SSSR count). The summed E-state index contributed by atoms with van der Waals surface area (Å²) in [6, 6.07) is 3.36. The third kappa shape index (κ3) is 4.90. The molecule has 0 bridgehead atoms. The van der Waals surface area contributed by atoms with Gasteiger partial charge in [-0.25, -0.2) is 0 Å². The van der Waals surface area contributed by atoms with E-state index in [0.717, 1.165) is 31.7 Å². The van der Waals surface area contributed by atoms with Crippen molar-refractivity contribution in [1.82, 2.24) is 10.2 Å². The summed E-state index contributed by atoms with van der Waals surface area (Å²) in [5.41, 5.74) is 0.754. The lowest BCUT2D eigenvalue weighted by molar-refractivity contribution is 0.301. The molecule has 2 N–H and O–H groups in total. The van der Waals surface area contributed by atoms with Crippen LogP contribution in [0.5, 0.6) is 11.5 Å². The molecule has 0 aliphatic rings. The molecule has 0 fully saturated rings. The van der Waals surface area contributed by atoms with Crippen molar-refractivity contribution in [2.24, 2.45) is 0 Å². The molecule has 0 unspecified atom stereocenters. The highest BCUT2D eigenvalue weighted by Gasteiger charge is 2.09. The van der Waals surface area contributed by atoms with Gasteiger partial charge in [-0.15, -0.1) is 0 Å². The van der Waals surface area contributed by atoms with Crippen LogP contribution in [0.2, 0.25) is 5.02 Å². The number of phenols is 1. The first-order chi connectivity index (χ1) is 9.12. The van der Waals surface area contributed by atoms with E-state index in [1.807, 2.05) is 0 Å². The van der Waals surface area contributed by atoms with Crippen LogP contribution in [0.15, 0.2) is 12.1 Å². The molecule has 108 valence electrons. The zero-order valence-electron chi connectivity index (χ0n) is 11.9. The van der Waals surface area contributed by atoms with Crippen LogP contribution in [0.4, 0.5) is 0 Å². The molecule has 0 heterocycles. The zero-order valence-corrected chi connectivity index (χ0v) is 12.6. The summed E-state index contributed by atoms with van der Waals surface area (Å²) in [5.74, 6) is 0.565. The van der Waals surface area contributed by atoms with Crippen LogP contribution in [0, 0.1) is 0 Å². The topological polar surface area (TPSA) is 44.7 Å². The molecule has 0 atom stereocenters. The van der Waals surface area contributed by atoms with Gasteiger partial charge in [0.2, 0.25) is 0 Å². The van der Waals surface area contributed by atoms with Gasteiger partial charge in [0.15, 0.2) is 11.5 Å². The van der Waals surface area contributed by atoms with Gasteiger partial charge in [-0.3, -0.25) is 0 Å². The number of nitrogens with zero attached hydrogens (tertiary/aromatic N) is 1. The lowest BCUT2D eigenvalue weighted by atomic mass is 10.2. The number of aromatic hydroxyl groups is 1. The summed E-state index contributed by atoms with van der Waals surface area (Å²) in [7, 11) is 1.52. The summed E-state index contributed by atoms with van der Waals surface area (Å²) in [5, 5.41) is 13.8. The van der Waals surface area contributed by atoms with Crippen molar-refractivity contribution in [3.8, 4) is 11.5 Å². The molecule has 1 aromatic rings. The van der Waals surface area contributed by atoms with Crippen molar-refractivity contribution in [3.05, 3.63) is 22.7 Å². The largest absolute Gasteiger partial charge is 0.504 e. The lowest BCUT2D eigenvalue weighted by Gasteiger charge is -2.18. The molecule has 0 saturated heterocycles. The first-order valence-corrected chi connectivity index (χ1v) is 6.98. The zero-order chi connectivity index (χ0) is 14.3. The number of methoxy groups -OCH3 is 1. The molecule has 0 saturated carbocycles. The maximum absolute atomic E-state index is 9.98. The monoisotopic (exact) mass is 286 g/mol. The predicted octanol–water partition coefficient (Wildman–Crippen LogP) is 2.49. The van der Waals surface area contributed by atoms with Gasteiger partial charge in [0, 0.05) is 36.3 Å². The molecule has 5 heteroatoms. The van der Waals surface area contributed by atoms with Crippen LogP contribution in [0.25, 0.3) is 0 Å². The first kappa shape index (κ1) is 16.1. The molecule has 0 amide bonds. The number of phenolic OH excluding ortho intramolecular Hbond substituents is 1. The summed E-state index contributed by atoms with van der Waals surface area (Å²) in [6.07, 6.45) is 0. The van der Waals surface area contributed by atoms with Crippen LogP contribution in [-0.4, -0.2) is 43.3 Å². The minimum absolute atomic E-state index is 0.155. The average Bonchev–Trinajstić information content (AvgIpc) is 2.42. The van der Waals surface area contributed by atoms with E-state index in [-0.39, 0.29) is 5.75 Å². The van der Waals surface area contributed by atoms with Gasteiger partial charge in [0.25, 0.3) is 0 Å². The fraction of sp³-hybridized carbons (Fsp3) is 0.571. The maximum atomic E-state index is 9.98. The number of hydrogen-bond acceptors (Lipinski definition) is 4. The lowest BCUT2D eigenvalue weighted by Crippen LogP contribution is -2.31. The number of benzene rings is 1. The van der Waals surface area contributed by atoms with Gasteiger partial charge < -0.3 is 20.1 Å². The van der Waals surface area contributed by atoms with Gasteiger partial charge in [0.1, 0.15) is 0 Å². The molecule has 0 aromatic heterocycles. The smallest absolute Gasteiger partial charge is 0.162 e. The summed E-state index contributed by atoms with van der Waals surface area (Å²) in [4.78, 5) is 2.34. The van der Waals surface area contributed by atoms with Gasteiger partial charge >= 0.3 is 0 Å². The van der Waals surface area contributed by atoms with Crippen molar-refractivity contribution in [2.45, 2.75) is 20.4 Å². The quantitative estimate of drug-likeness (QED) is 0.721. The highest BCUT2D eigenvalue weighted by Crippen LogP contribution is 2.33. The SMILES string of the molecule is CCN(CC)CCNCc1cc(Cl)cc(OC)c1O. The fourth-order valence-corrected chi connectivity index (χ4v) is 2.15. The summed E-state index contributed by atoms with van der Waals surface area (Å²) < 4.78 is 5.08. The Balaban J connectivity index is 2.51. The molecule has 0 aliphatic carbocycles. The molecular weight excluding hydrogens is 264 g/mol. The first-order valence-electron chi connectivity index (χ1n) is 6.60. The van der Waals surface area contributed by atoms with Gasteiger partial charge in [-0.2, -0.15) is 0 Å². The Bertz CT molecular complexity index is 395. The molecule has 4 nitrogen and oxygen atoms in total. The molecule has 0 radical (unpaired) electrons. The van der Waals surface area contributed by atoms with E-state index in [2.05, 4.69) is 24.1 Å². The second-order valence-corrected chi connectivity index (χ2v) is 4.76. The molecule has 0 spiro atoms. The van der Waals surface area contributed by atoms with Gasteiger partial charge in [-0.05, 0) is 19.2 Å². The van der Waals surface area contributed by atoms with Gasteiger partial charge in [0.05, 0.1) is 7.11 Å². The number of ether oxygens (including phenoxy) is 1. The van der Waals surface area contributed by atoms with E-state index in [0.29, 0.717) is 17.3 Å². The van der Waals surface area contributed by atoms with Crippen molar-refractivity contribution in [1.29, 1.82) is 0 Å². The van der Waals surface area contributed by atoms with E-state index < -0.39 is 0 Å². The number of halogens is 1. The predicted molar refractivity (Wildman–Crippen MR) is 79.2 cm³/mol. The minimum Gasteiger partial charge on any atom is -0.504 e. The highest BCUT2D eigenvalue weighted by molar-refractivity contribution is 6.30. The van der Waals surface area contributed by atoms with Crippen molar-refractivity contribution in [3.63, 3.8) is 0 Å². The summed E-state index contributed by atoms with van der Waals surface area (Å²) in [6.45, 7) is 8.84. The van der Waals surface area contributed by atoms with E-state index in [1.54, 1.807) is 12.1 Å². The minimum atomic E-state index is 0.155. The van der Waals surface area contributed by atoms with E-state index >= 15 is 0 Å². The number of hydrogen-bond donors (Lipinski definition) is 2. The van der Waals surface area contributed by atoms with Crippen molar-refractivity contribution in [2.75, 3.05) is 33.3 Å². The second-order valence-electron chi connectivity index (χ2n) is 4.32. The number of likely N-dealkylation sites (N-methyl/N-ethyl adjacent to an activating group) is 1. The Morgan fingerprint density at radius 3 is 2.58 bits per heavy atom. The third-order valence-corrected chi connectivity index (χ3v) is 3.37. The number of rotatable bonds is 8. The third-order valence-electron chi connectivity index (χ3n) is 3.15. The van der Waals surface area contributed by atoms with E-state index in [1.165, 1.54) is 7.11 Å². The Hall–Kier alpha value is -0.970. The fourth-order valence-electron chi connectivity index (χ4n) is 1.92. The van der Waals surface area contributed by atoms with Crippen LogP contribution in [-0.2, 0) is 6.54 Å².